The van der Waals surface area contributed by atoms with E-state index in [9.17, 15) is 10.1 Å². The zero-order valence-electron chi connectivity index (χ0n) is 13.7. The van der Waals surface area contributed by atoms with E-state index in [0.29, 0.717) is 5.69 Å². The predicted molar refractivity (Wildman–Crippen MR) is 91.3 cm³/mol. The van der Waals surface area contributed by atoms with Crippen LogP contribution in [0.15, 0.2) is 24.5 Å². The summed E-state index contributed by atoms with van der Waals surface area (Å²) in [6, 6.07) is 9.30. The summed E-state index contributed by atoms with van der Waals surface area (Å²) in [5.41, 5.74) is 2.26. The van der Waals surface area contributed by atoms with Crippen LogP contribution >= 0.6 is 0 Å². The first-order chi connectivity index (χ1) is 12.0. The normalized spacial score (nSPS) is 9.76. The molecule has 0 atom stereocenters. The van der Waals surface area contributed by atoms with E-state index in [4.69, 9.17) is 10.5 Å². The van der Waals surface area contributed by atoms with Crippen molar-refractivity contribution in [2.75, 3.05) is 23.3 Å². The van der Waals surface area contributed by atoms with Crippen LogP contribution in [0.3, 0.4) is 0 Å². The number of anilines is 3. The van der Waals surface area contributed by atoms with E-state index >= 15 is 0 Å². The molecule has 0 aliphatic carbocycles. The molecule has 0 bridgehead atoms. The lowest BCUT2D eigenvalue weighted by atomic mass is 10.1. The van der Waals surface area contributed by atoms with Crippen LogP contribution in [0.1, 0.15) is 11.1 Å². The highest BCUT2D eigenvalue weighted by Gasteiger charge is 2.27. The number of hydrogen-bond donors (Lipinski definition) is 1. The van der Waals surface area contributed by atoms with Gasteiger partial charge in [-0.25, -0.2) is 9.97 Å². The van der Waals surface area contributed by atoms with Gasteiger partial charge in [-0.2, -0.15) is 10.5 Å². The lowest BCUT2D eigenvalue weighted by Gasteiger charge is -2.18. The Morgan fingerprint density at radius 3 is 2.52 bits per heavy atom. The average Bonchev–Trinajstić information content (AvgIpc) is 2.58. The minimum atomic E-state index is -0.620. The summed E-state index contributed by atoms with van der Waals surface area (Å²) in [6.07, 6.45) is 1.16. The SMILES string of the molecule is Cc1cccc(Nc2ncnc(N(CC#N)CC#N)c2[N+](=O)[O-])c1C. The Bertz CT molecular complexity index is 867. The van der Waals surface area contributed by atoms with E-state index in [-0.39, 0.29) is 30.4 Å². The third-order valence-electron chi connectivity index (χ3n) is 3.67. The molecule has 2 rings (SSSR count). The highest BCUT2D eigenvalue weighted by molar-refractivity contribution is 5.76. The van der Waals surface area contributed by atoms with Crippen molar-refractivity contribution in [3.8, 4) is 12.1 Å². The summed E-state index contributed by atoms with van der Waals surface area (Å²) in [5.74, 6) is -0.0690. The van der Waals surface area contributed by atoms with E-state index in [0.717, 1.165) is 17.5 Å². The second-order valence-electron chi connectivity index (χ2n) is 5.20. The highest BCUT2D eigenvalue weighted by Crippen LogP contribution is 2.34. The fourth-order valence-corrected chi connectivity index (χ4v) is 2.25. The van der Waals surface area contributed by atoms with Gasteiger partial charge in [0.25, 0.3) is 0 Å². The predicted octanol–water partition coefficient (Wildman–Crippen LogP) is 2.60. The van der Waals surface area contributed by atoms with Crippen molar-refractivity contribution in [3.05, 3.63) is 45.8 Å². The highest BCUT2D eigenvalue weighted by atomic mass is 16.6. The van der Waals surface area contributed by atoms with Crippen molar-refractivity contribution in [2.24, 2.45) is 0 Å². The number of aryl methyl sites for hydroxylation is 1. The standard InChI is InChI=1S/C16H15N7O2/c1-11-4-3-5-13(12(11)2)21-15-14(23(24)25)16(20-10-19-15)22(8-6-17)9-7-18/h3-5,10H,8-9H2,1-2H3,(H,19,20,21). The van der Waals surface area contributed by atoms with Crippen LogP contribution in [0.5, 0.6) is 0 Å². The number of benzene rings is 1. The second kappa shape index (κ2) is 7.70. The summed E-state index contributed by atoms with van der Waals surface area (Å²) in [4.78, 5) is 20.1. The van der Waals surface area contributed by atoms with Crippen molar-refractivity contribution in [2.45, 2.75) is 13.8 Å². The van der Waals surface area contributed by atoms with Crippen molar-refractivity contribution >= 4 is 23.0 Å². The Morgan fingerprint density at radius 2 is 1.92 bits per heavy atom. The van der Waals surface area contributed by atoms with Gasteiger partial charge < -0.3 is 10.2 Å². The van der Waals surface area contributed by atoms with Crippen molar-refractivity contribution in [1.82, 2.24) is 9.97 Å². The van der Waals surface area contributed by atoms with Crippen LogP contribution in [0.4, 0.5) is 23.0 Å². The molecule has 0 aliphatic heterocycles. The number of nitrogens with zero attached hydrogens (tertiary/aromatic N) is 6. The molecule has 1 N–H and O–H groups in total. The summed E-state index contributed by atoms with van der Waals surface area (Å²) in [5, 5.41) is 32.3. The average molecular weight is 337 g/mol. The first-order valence-corrected chi connectivity index (χ1v) is 7.31. The molecular formula is C16H15N7O2. The number of nitrogens with one attached hydrogen (secondary N) is 1. The minimum absolute atomic E-state index is 0.00424. The number of hydrogen-bond acceptors (Lipinski definition) is 8. The zero-order valence-corrected chi connectivity index (χ0v) is 13.7. The van der Waals surface area contributed by atoms with Gasteiger partial charge in [-0.15, -0.1) is 0 Å². The first kappa shape index (κ1) is 17.6. The molecule has 0 saturated carbocycles. The van der Waals surface area contributed by atoms with Crippen LogP contribution in [-0.4, -0.2) is 28.0 Å². The molecule has 0 aliphatic rings. The molecule has 0 radical (unpaired) electrons. The van der Waals surface area contributed by atoms with Gasteiger partial charge >= 0.3 is 5.69 Å². The van der Waals surface area contributed by atoms with Gasteiger partial charge in [-0.05, 0) is 31.0 Å². The second-order valence-corrected chi connectivity index (χ2v) is 5.20. The van der Waals surface area contributed by atoms with E-state index in [1.165, 1.54) is 4.90 Å². The Kier molecular flexibility index (Phi) is 5.43. The molecule has 9 nitrogen and oxygen atoms in total. The van der Waals surface area contributed by atoms with E-state index in [1.54, 1.807) is 6.07 Å². The van der Waals surface area contributed by atoms with Crippen molar-refractivity contribution in [1.29, 1.82) is 10.5 Å². The largest absolute Gasteiger partial charge is 0.353 e. The number of nitro groups is 1. The Morgan fingerprint density at radius 1 is 1.24 bits per heavy atom. The lowest BCUT2D eigenvalue weighted by molar-refractivity contribution is -0.383. The Labute approximate surface area is 144 Å². The van der Waals surface area contributed by atoms with Gasteiger partial charge in [0.15, 0.2) is 0 Å². The molecule has 0 fully saturated rings. The van der Waals surface area contributed by atoms with Crippen LogP contribution in [0.25, 0.3) is 0 Å². The first-order valence-electron chi connectivity index (χ1n) is 7.31. The molecule has 1 heterocycles. The Hall–Kier alpha value is -3.72. The number of aromatic nitrogens is 2. The molecule has 0 unspecified atom stereocenters. The topological polar surface area (TPSA) is 132 Å². The van der Waals surface area contributed by atoms with Crippen LogP contribution < -0.4 is 10.2 Å². The Balaban J connectivity index is 2.54. The molecule has 9 heteroatoms. The summed E-state index contributed by atoms with van der Waals surface area (Å²) >= 11 is 0. The van der Waals surface area contributed by atoms with Crippen LogP contribution in [-0.2, 0) is 0 Å². The molecule has 1 aromatic heterocycles. The number of rotatable bonds is 6. The van der Waals surface area contributed by atoms with E-state index < -0.39 is 4.92 Å². The van der Waals surface area contributed by atoms with Crippen molar-refractivity contribution in [3.63, 3.8) is 0 Å². The molecule has 126 valence electrons. The van der Waals surface area contributed by atoms with Crippen molar-refractivity contribution < 1.29 is 4.92 Å². The molecule has 0 amide bonds. The van der Waals surface area contributed by atoms with Gasteiger partial charge in [0.1, 0.15) is 19.4 Å². The summed E-state index contributed by atoms with van der Waals surface area (Å²) < 4.78 is 0. The van der Waals surface area contributed by atoms with Gasteiger partial charge in [0.05, 0.1) is 17.1 Å². The molecule has 0 spiro atoms. The maximum Gasteiger partial charge on any atom is 0.353 e. The fourth-order valence-electron chi connectivity index (χ4n) is 2.25. The van der Waals surface area contributed by atoms with Crippen LogP contribution in [0, 0.1) is 46.6 Å². The van der Waals surface area contributed by atoms with Crippen LogP contribution in [0.2, 0.25) is 0 Å². The molecule has 1 aromatic carbocycles. The quantitative estimate of drug-likeness (QED) is 0.483. The maximum atomic E-state index is 11.6. The van der Waals surface area contributed by atoms with Gasteiger partial charge in [-0.1, -0.05) is 12.1 Å². The van der Waals surface area contributed by atoms with Gasteiger partial charge in [0.2, 0.25) is 11.6 Å². The fraction of sp³-hybridized carbons (Fsp3) is 0.250. The van der Waals surface area contributed by atoms with E-state index in [2.05, 4.69) is 15.3 Å². The third-order valence-corrected chi connectivity index (χ3v) is 3.67. The molecule has 25 heavy (non-hydrogen) atoms. The summed E-state index contributed by atoms with van der Waals surface area (Å²) in [7, 11) is 0. The monoisotopic (exact) mass is 337 g/mol. The lowest BCUT2D eigenvalue weighted by Crippen LogP contribution is -2.26. The molecule has 2 aromatic rings. The smallest absolute Gasteiger partial charge is 0.334 e. The molecular weight excluding hydrogens is 322 g/mol. The summed E-state index contributed by atoms with van der Waals surface area (Å²) in [6.45, 7) is 3.42. The maximum absolute atomic E-state index is 11.6. The van der Waals surface area contributed by atoms with E-state index in [1.807, 2.05) is 38.1 Å². The third kappa shape index (κ3) is 3.79. The minimum Gasteiger partial charge on any atom is -0.334 e. The van der Waals surface area contributed by atoms with Gasteiger partial charge in [0, 0.05) is 5.69 Å². The van der Waals surface area contributed by atoms with Gasteiger partial charge in [-0.3, -0.25) is 10.1 Å². The molecule has 0 saturated heterocycles. The number of nitriles is 2. The zero-order chi connectivity index (χ0) is 18.4.